The lowest BCUT2D eigenvalue weighted by molar-refractivity contribution is -0.144. The van der Waals surface area contributed by atoms with E-state index in [0.29, 0.717) is 28.6 Å². The Hall–Kier alpha value is -3.90. The summed E-state index contributed by atoms with van der Waals surface area (Å²) in [6, 6.07) is 12.4. The van der Waals surface area contributed by atoms with E-state index in [2.05, 4.69) is 25.3 Å². The number of halogens is 5. The van der Waals surface area contributed by atoms with E-state index in [1.165, 1.54) is 12.3 Å². The fourth-order valence-corrected chi connectivity index (χ4v) is 6.88. The molecule has 4 aromatic rings. The van der Waals surface area contributed by atoms with E-state index < -0.39 is 23.6 Å². The summed E-state index contributed by atoms with van der Waals surface area (Å²) in [6.07, 6.45) is 3.00. The average Bonchev–Trinajstić information content (AvgIpc) is 3.78. The molecule has 0 radical (unpaired) electrons. The molecule has 2 fully saturated rings. The minimum Gasteiger partial charge on any atom is -0.444 e. The first kappa shape index (κ1) is 30.7. The number of aromatic amines is 1. The molecule has 1 aliphatic carbocycles. The third-order valence-corrected chi connectivity index (χ3v) is 9.36. The molecule has 0 unspecified atom stereocenters. The summed E-state index contributed by atoms with van der Waals surface area (Å²) in [5, 5.41) is 9.67. The van der Waals surface area contributed by atoms with Crippen LogP contribution in [0.15, 0.2) is 48.7 Å². The zero-order valence-electron chi connectivity index (χ0n) is 25.1. The predicted molar refractivity (Wildman–Crippen MR) is 164 cm³/mol. The highest BCUT2D eigenvalue weighted by Crippen LogP contribution is 2.50. The third kappa shape index (κ3) is 6.12. The summed E-state index contributed by atoms with van der Waals surface area (Å²) in [5.41, 5.74) is 3.36. The van der Waals surface area contributed by atoms with E-state index in [4.69, 9.17) is 21.1 Å². The van der Waals surface area contributed by atoms with E-state index in [0.717, 1.165) is 68.6 Å². The molecule has 13 heteroatoms. The molecule has 2 N–H and O–H groups in total. The summed E-state index contributed by atoms with van der Waals surface area (Å²) >= 11 is 5.97. The summed E-state index contributed by atoms with van der Waals surface area (Å²) < 4.78 is 66.7. The topological polar surface area (TPSA) is 88.2 Å². The molecule has 1 atom stereocenters. The lowest BCUT2D eigenvalue weighted by Crippen LogP contribution is -2.34. The van der Waals surface area contributed by atoms with Crippen molar-refractivity contribution in [3.8, 4) is 22.9 Å². The third-order valence-electron chi connectivity index (χ3n) is 9.13. The van der Waals surface area contributed by atoms with Crippen molar-refractivity contribution in [2.24, 2.45) is 0 Å². The molecule has 3 aliphatic rings. The van der Waals surface area contributed by atoms with Gasteiger partial charge in [-0.05, 0) is 75.0 Å². The van der Waals surface area contributed by atoms with E-state index >= 15 is 0 Å². The number of pyridine rings is 1. The largest absolute Gasteiger partial charge is 0.451 e. The minimum atomic E-state index is -4.61. The first-order chi connectivity index (χ1) is 22.1. The van der Waals surface area contributed by atoms with Crippen molar-refractivity contribution in [1.29, 1.82) is 0 Å². The Labute approximate surface area is 268 Å². The maximum atomic E-state index is 14.8. The van der Waals surface area contributed by atoms with Crippen LogP contribution in [0.5, 0.6) is 11.5 Å². The van der Waals surface area contributed by atoms with Crippen molar-refractivity contribution in [3.63, 3.8) is 0 Å². The second-order valence-electron chi connectivity index (χ2n) is 12.3. The SMILES string of the molecule is C[C@@]1(c2ccc(Cl)cc2F)Oc2cccc(C3CCN(Cc4ncc(-c5n[nH]c(C(F)(F)F)n5)cc4NC4CCCC4)CC3)c2O1. The van der Waals surface area contributed by atoms with Gasteiger partial charge in [-0.2, -0.15) is 18.3 Å². The number of fused-ring (bicyclic) bond motifs is 1. The van der Waals surface area contributed by atoms with Gasteiger partial charge in [0.15, 0.2) is 17.3 Å². The van der Waals surface area contributed by atoms with Gasteiger partial charge in [0.1, 0.15) is 5.82 Å². The van der Waals surface area contributed by atoms with Crippen LogP contribution < -0.4 is 14.8 Å². The first-order valence-electron chi connectivity index (χ1n) is 15.5. The zero-order chi connectivity index (χ0) is 32.1. The number of ether oxygens (including phenoxy) is 2. The first-order valence-corrected chi connectivity index (χ1v) is 15.9. The van der Waals surface area contributed by atoms with E-state index in [1.54, 1.807) is 19.1 Å². The lowest BCUT2D eigenvalue weighted by Gasteiger charge is -2.33. The molecule has 46 heavy (non-hydrogen) atoms. The molecule has 7 rings (SSSR count). The highest BCUT2D eigenvalue weighted by Gasteiger charge is 2.43. The van der Waals surface area contributed by atoms with Gasteiger partial charge in [0.25, 0.3) is 5.79 Å². The monoisotopic (exact) mass is 656 g/mol. The molecule has 1 saturated carbocycles. The number of aromatic nitrogens is 4. The summed E-state index contributed by atoms with van der Waals surface area (Å²) in [4.78, 5) is 10.7. The van der Waals surface area contributed by atoms with Crippen LogP contribution in [-0.2, 0) is 18.5 Å². The van der Waals surface area contributed by atoms with Crippen molar-refractivity contribution in [2.45, 2.75) is 75.9 Å². The second kappa shape index (κ2) is 12.0. The number of nitrogens with zero attached hydrogens (tertiary/aromatic N) is 4. The molecular formula is C33H33ClF4N6O2. The van der Waals surface area contributed by atoms with Crippen LogP contribution in [0.2, 0.25) is 5.02 Å². The van der Waals surface area contributed by atoms with Gasteiger partial charge in [-0.3, -0.25) is 15.0 Å². The standard InChI is InChI=1S/C33H33ClF4N6O2/c1-32(24-10-9-21(34)16-25(24)35)45-28-8-4-7-23(29(28)46-32)19-11-13-44(14-12-19)18-27-26(40-22-5-2-3-6-22)15-20(17-39-27)30-41-31(43-42-30)33(36,37)38/h4,7-10,15-17,19,22,40H,2-3,5-6,11-14,18H2,1H3,(H,41,42,43)/t32-/m1/s1. The minimum absolute atomic E-state index is 0.0434. The summed E-state index contributed by atoms with van der Waals surface area (Å²) in [6.45, 7) is 3.91. The quantitative estimate of drug-likeness (QED) is 0.195. The van der Waals surface area contributed by atoms with Crippen molar-refractivity contribution in [1.82, 2.24) is 25.1 Å². The number of piperidine rings is 1. The van der Waals surface area contributed by atoms with Crippen molar-refractivity contribution in [3.05, 3.63) is 82.1 Å². The van der Waals surface area contributed by atoms with Gasteiger partial charge in [-0.25, -0.2) is 9.37 Å². The number of hydrogen-bond acceptors (Lipinski definition) is 7. The zero-order valence-corrected chi connectivity index (χ0v) is 25.9. The number of anilines is 1. The Bertz CT molecular complexity index is 1740. The van der Waals surface area contributed by atoms with Crippen LogP contribution in [0, 0.1) is 5.82 Å². The molecule has 0 amide bonds. The van der Waals surface area contributed by atoms with Gasteiger partial charge in [0.05, 0.1) is 16.9 Å². The number of H-pyrrole nitrogens is 1. The summed E-state index contributed by atoms with van der Waals surface area (Å²) in [5.74, 6) is -1.55. The smallest absolute Gasteiger partial charge is 0.444 e. The van der Waals surface area contributed by atoms with Crippen LogP contribution in [0.4, 0.5) is 23.2 Å². The van der Waals surface area contributed by atoms with Crippen LogP contribution in [0.25, 0.3) is 11.4 Å². The second-order valence-corrected chi connectivity index (χ2v) is 12.8. The highest BCUT2D eigenvalue weighted by molar-refractivity contribution is 6.30. The Kier molecular flexibility index (Phi) is 8.04. The number of para-hydroxylation sites is 1. The average molecular weight is 657 g/mol. The van der Waals surface area contributed by atoms with Crippen molar-refractivity contribution in [2.75, 3.05) is 18.4 Å². The van der Waals surface area contributed by atoms with Crippen LogP contribution in [-0.4, -0.2) is 44.2 Å². The molecule has 1 saturated heterocycles. The molecule has 242 valence electrons. The fraction of sp³-hybridized carbons (Fsp3) is 0.424. The highest BCUT2D eigenvalue weighted by atomic mass is 35.5. The number of hydrogen-bond donors (Lipinski definition) is 2. The summed E-state index contributed by atoms with van der Waals surface area (Å²) in [7, 11) is 0. The van der Waals surface area contributed by atoms with Gasteiger partial charge in [0.2, 0.25) is 5.82 Å². The maximum Gasteiger partial charge on any atom is 0.451 e. The van der Waals surface area contributed by atoms with Crippen LogP contribution >= 0.6 is 11.6 Å². The Balaban J connectivity index is 1.06. The van der Waals surface area contributed by atoms with Gasteiger partial charge < -0.3 is 14.8 Å². The van der Waals surface area contributed by atoms with Crippen LogP contribution in [0.1, 0.15) is 74.0 Å². The van der Waals surface area contributed by atoms with Gasteiger partial charge >= 0.3 is 6.18 Å². The van der Waals surface area contributed by atoms with E-state index in [9.17, 15) is 17.6 Å². The van der Waals surface area contributed by atoms with Gasteiger partial charge in [0, 0.05) is 41.9 Å². The van der Waals surface area contributed by atoms with Crippen molar-refractivity contribution < 1.29 is 27.0 Å². The molecule has 2 aromatic carbocycles. The predicted octanol–water partition coefficient (Wildman–Crippen LogP) is 8.06. The molecular weight excluding hydrogens is 624 g/mol. The maximum absolute atomic E-state index is 14.8. The lowest BCUT2D eigenvalue weighted by atomic mass is 9.88. The van der Waals surface area contributed by atoms with Crippen molar-refractivity contribution >= 4 is 17.3 Å². The normalized spacial score (nSPS) is 20.8. The van der Waals surface area contributed by atoms with Gasteiger partial charge in [-0.1, -0.05) is 36.6 Å². The molecule has 0 bridgehead atoms. The van der Waals surface area contributed by atoms with E-state index in [-0.39, 0.29) is 23.3 Å². The Morgan fingerprint density at radius 3 is 2.57 bits per heavy atom. The van der Waals surface area contributed by atoms with Crippen LogP contribution in [0.3, 0.4) is 0 Å². The molecule has 0 spiro atoms. The van der Waals surface area contributed by atoms with Gasteiger partial charge in [-0.15, -0.1) is 0 Å². The Morgan fingerprint density at radius 2 is 1.85 bits per heavy atom. The number of rotatable bonds is 7. The fourth-order valence-electron chi connectivity index (χ4n) is 6.72. The number of likely N-dealkylation sites (tertiary alicyclic amines) is 1. The number of alkyl halides is 3. The van der Waals surface area contributed by atoms with E-state index in [1.807, 2.05) is 29.4 Å². The molecule has 4 heterocycles. The Morgan fingerprint density at radius 1 is 1.07 bits per heavy atom. The number of benzene rings is 2. The molecule has 2 aromatic heterocycles. The molecule has 8 nitrogen and oxygen atoms in total. The molecule has 2 aliphatic heterocycles. The number of nitrogens with one attached hydrogen (secondary N) is 2.